The molecule has 1 aliphatic heterocycles. The van der Waals surface area contributed by atoms with Crippen molar-refractivity contribution in [2.24, 2.45) is 5.73 Å². The van der Waals surface area contributed by atoms with Crippen LogP contribution in [0.2, 0.25) is 0 Å². The Hall–Kier alpha value is -2.86. The molecule has 1 atom stereocenters. The smallest absolute Gasteiger partial charge is 0.321 e. The topological polar surface area (TPSA) is 78.7 Å². The number of nitrogens with two attached hydrogens (primary N) is 1. The van der Waals surface area contributed by atoms with E-state index in [4.69, 9.17) is 5.73 Å². The molecule has 1 unspecified atom stereocenters. The van der Waals surface area contributed by atoms with Crippen LogP contribution in [0, 0.1) is 6.92 Å². The van der Waals surface area contributed by atoms with Crippen LogP contribution < -0.4 is 11.1 Å². The van der Waals surface area contributed by atoms with Gasteiger partial charge in [-0.3, -0.25) is 9.69 Å². The summed E-state index contributed by atoms with van der Waals surface area (Å²) in [6, 6.07) is 16.7. The SMILES string of the molecule is Cc1ccc(NC(=O)N2CCN(C(C(N)=O)c3ccccc3)CC2)cc1. The molecule has 3 N–H and O–H groups in total. The van der Waals surface area contributed by atoms with Crippen LogP contribution in [-0.2, 0) is 4.79 Å². The number of hydrogen-bond donors (Lipinski definition) is 2. The van der Waals surface area contributed by atoms with Crippen LogP contribution in [0.5, 0.6) is 0 Å². The summed E-state index contributed by atoms with van der Waals surface area (Å²) in [5.41, 5.74) is 8.45. The van der Waals surface area contributed by atoms with E-state index in [1.165, 1.54) is 0 Å². The predicted molar refractivity (Wildman–Crippen MR) is 102 cm³/mol. The summed E-state index contributed by atoms with van der Waals surface area (Å²) >= 11 is 0. The van der Waals surface area contributed by atoms with Crippen LogP contribution in [0.4, 0.5) is 10.5 Å². The highest BCUT2D eigenvalue weighted by Gasteiger charge is 2.30. The molecular formula is C20H24N4O2. The predicted octanol–water partition coefficient (Wildman–Crippen LogP) is 2.37. The quantitative estimate of drug-likeness (QED) is 0.887. The molecule has 2 aromatic carbocycles. The molecule has 136 valence electrons. The van der Waals surface area contributed by atoms with E-state index in [2.05, 4.69) is 5.32 Å². The van der Waals surface area contributed by atoms with Crippen LogP contribution in [0.25, 0.3) is 0 Å². The van der Waals surface area contributed by atoms with E-state index in [1.54, 1.807) is 4.90 Å². The van der Waals surface area contributed by atoms with Crippen molar-refractivity contribution in [3.8, 4) is 0 Å². The number of carbonyl (C=O) groups is 2. The third kappa shape index (κ3) is 4.21. The van der Waals surface area contributed by atoms with E-state index >= 15 is 0 Å². The maximum atomic E-state index is 12.4. The van der Waals surface area contributed by atoms with E-state index in [0.29, 0.717) is 26.2 Å². The molecule has 0 aromatic heterocycles. The van der Waals surface area contributed by atoms with Crippen molar-refractivity contribution in [3.63, 3.8) is 0 Å². The first-order valence-electron chi connectivity index (χ1n) is 8.75. The Balaban J connectivity index is 1.60. The molecule has 0 saturated carbocycles. The van der Waals surface area contributed by atoms with Gasteiger partial charge in [0.15, 0.2) is 0 Å². The summed E-state index contributed by atoms with van der Waals surface area (Å²) in [6.07, 6.45) is 0. The molecule has 0 spiro atoms. The van der Waals surface area contributed by atoms with Gasteiger partial charge in [0.25, 0.3) is 0 Å². The second-order valence-electron chi connectivity index (χ2n) is 6.53. The standard InChI is InChI=1S/C20H24N4O2/c1-15-7-9-17(10-8-15)22-20(26)24-13-11-23(12-14-24)18(19(21)25)16-5-3-2-4-6-16/h2-10,18H,11-14H2,1H3,(H2,21,25)(H,22,26). The second-order valence-corrected chi connectivity index (χ2v) is 6.53. The molecule has 1 aliphatic rings. The summed E-state index contributed by atoms with van der Waals surface area (Å²) in [7, 11) is 0. The fourth-order valence-corrected chi connectivity index (χ4v) is 3.21. The van der Waals surface area contributed by atoms with Crippen molar-refractivity contribution in [2.45, 2.75) is 13.0 Å². The maximum Gasteiger partial charge on any atom is 0.321 e. The monoisotopic (exact) mass is 352 g/mol. The normalized spacial score (nSPS) is 16.1. The molecule has 0 aliphatic carbocycles. The number of rotatable bonds is 4. The zero-order chi connectivity index (χ0) is 18.5. The molecular weight excluding hydrogens is 328 g/mol. The van der Waals surface area contributed by atoms with Crippen LogP contribution in [-0.4, -0.2) is 47.9 Å². The number of amides is 3. The van der Waals surface area contributed by atoms with Crippen molar-refractivity contribution in [1.82, 2.24) is 9.80 Å². The molecule has 2 aromatic rings. The first kappa shape index (κ1) is 17.9. The fourth-order valence-electron chi connectivity index (χ4n) is 3.21. The average molecular weight is 352 g/mol. The first-order chi connectivity index (χ1) is 12.5. The Labute approximate surface area is 153 Å². The minimum atomic E-state index is -0.460. The molecule has 3 amide bonds. The van der Waals surface area contributed by atoms with E-state index in [9.17, 15) is 9.59 Å². The average Bonchev–Trinajstić information content (AvgIpc) is 2.65. The minimum absolute atomic E-state index is 0.121. The van der Waals surface area contributed by atoms with Gasteiger partial charge in [-0.2, -0.15) is 0 Å². The summed E-state index contributed by atoms with van der Waals surface area (Å²) in [4.78, 5) is 28.2. The summed E-state index contributed by atoms with van der Waals surface area (Å²) in [6.45, 7) is 4.31. The molecule has 1 saturated heterocycles. The first-order valence-corrected chi connectivity index (χ1v) is 8.75. The zero-order valence-corrected chi connectivity index (χ0v) is 14.9. The van der Waals surface area contributed by atoms with Crippen molar-refractivity contribution < 1.29 is 9.59 Å². The lowest BCUT2D eigenvalue weighted by Gasteiger charge is -2.38. The van der Waals surface area contributed by atoms with Gasteiger partial charge in [0.2, 0.25) is 5.91 Å². The second kappa shape index (κ2) is 8.01. The third-order valence-electron chi connectivity index (χ3n) is 4.65. The van der Waals surface area contributed by atoms with E-state index in [0.717, 1.165) is 16.8 Å². The van der Waals surface area contributed by atoms with Crippen LogP contribution >= 0.6 is 0 Å². The third-order valence-corrected chi connectivity index (χ3v) is 4.65. The van der Waals surface area contributed by atoms with Crippen molar-refractivity contribution in [2.75, 3.05) is 31.5 Å². The zero-order valence-electron chi connectivity index (χ0n) is 14.9. The molecule has 1 heterocycles. The number of anilines is 1. The van der Waals surface area contributed by atoms with E-state index < -0.39 is 6.04 Å². The van der Waals surface area contributed by atoms with Crippen LogP contribution in [0.15, 0.2) is 54.6 Å². The van der Waals surface area contributed by atoms with Gasteiger partial charge in [0, 0.05) is 31.9 Å². The fraction of sp³-hybridized carbons (Fsp3) is 0.300. The van der Waals surface area contributed by atoms with E-state index in [-0.39, 0.29) is 11.9 Å². The molecule has 26 heavy (non-hydrogen) atoms. The largest absolute Gasteiger partial charge is 0.368 e. The number of benzene rings is 2. The van der Waals surface area contributed by atoms with Gasteiger partial charge < -0.3 is 16.0 Å². The molecule has 0 bridgehead atoms. The lowest BCUT2D eigenvalue weighted by Crippen LogP contribution is -2.52. The van der Waals surface area contributed by atoms with Gasteiger partial charge in [0.05, 0.1) is 0 Å². The number of carbonyl (C=O) groups excluding carboxylic acids is 2. The number of primary amides is 1. The summed E-state index contributed by atoms with van der Waals surface area (Å²) in [5.74, 6) is -0.367. The van der Waals surface area contributed by atoms with E-state index in [1.807, 2.05) is 66.4 Å². The highest BCUT2D eigenvalue weighted by atomic mass is 16.2. The molecule has 6 heteroatoms. The number of piperazine rings is 1. The Morgan fingerprint density at radius 1 is 0.962 bits per heavy atom. The molecule has 6 nitrogen and oxygen atoms in total. The van der Waals surface area contributed by atoms with Gasteiger partial charge in [0.1, 0.15) is 6.04 Å². The lowest BCUT2D eigenvalue weighted by molar-refractivity contribution is -0.124. The van der Waals surface area contributed by atoms with Crippen molar-refractivity contribution in [3.05, 3.63) is 65.7 Å². The lowest BCUT2D eigenvalue weighted by atomic mass is 10.0. The molecule has 1 fully saturated rings. The van der Waals surface area contributed by atoms with Gasteiger partial charge >= 0.3 is 6.03 Å². The Kier molecular flexibility index (Phi) is 5.53. The highest BCUT2D eigenvalue weighted by Crippen LogP contribution is 2.22. The van der Waals surface area contributed by atoms with Crippen LogP contribution in [0.1, 0.15) is 17.2 Å². The van der Waals surface area contributed by atoms with Crippen molar-refractivity contribution >= 4 is 17.6 Å². The van der Waals surface area contributed by atoms with Crippen molar-refractivity contribution in [1.29, 1.82) is 0 Å². The van der Waals surface area contributed by atoms with Gasteiger partial charge in [-0.15, -0.1) is 0 Å². The summed E-state index contributed by atoms with van der Waals surface area (Å²) in [5, 5.41) is 2.91. The molecule has 3 rings (SSSR count). The number of nitrogens with zero attached hydrogens (tertiary/aromatic N) is 2. The summed E-state index contributed by atoms with van der Waals surface area (Å²) < 4.78 is 0. The molecule has 0 radical (unpaired) electrons. The Morgan fingerprint density at radius 2 is 1.58 bits per heavy atom. The highest BCUT2D eigenvalue weighted by molar-refractivity contribution is 5.89. The van der Waals surface area contributed by atoms with Gasteiger partial charge in [-0.25, -0.2) is 4.79 Å². The minimum Gasteiger partial charge on any atom is -0.368 e. The maximum absolute atomic E-state index is 12.4. The Bertz CT molecular complexity index is 753. The number of nitrogens with one attached hydrogen (secondary N) is 1. The Morgan fingerprint density at radius 3 is 2.15 bits per heavy atom. The number of urea groups is 1. The number of hydrogen-bond acceptors (Lipinski definition) is 3. The number of aryl methyl sites for hydroxylation is 1. The van der Waals surface area contributed by atoms with Gasteiger partial charge in [-0.05, 0) is 24.6 Å². The van der Waals surface area contributed by atoms with Gasteiger partial charge in [-0.1, -0.05) is 48.0 Å². The van der Waals surface area contributed by atoms with Crippen LogP contribution in [0.3, 0.4) is 0 Å².